The molecule has 0 aliphatic carbocycles. The van der Waals surface area contributed by atoms with Gasteiger partial charge in [0.1, 0.15) is 5.69 Å². The fourth-order valence-corrected chi connectivity index (χ4v) is 1.82. The molecule has 23 heavy (non-hydrogen) atoms. The molecule has 2 rings (SSSR count). The maximum atomic E-state index is 10.8. The van der Waals surface area contributed by atoms with Gasteiger partial charge in [-0.3, -0.25) is 10.1 Å². The third kappa shape index (κ3) is 12.0. The number of rotatable bonds is 2. The second kappa shape index (κ2) is 12.3. The van der Waals surface area contributed by atoms with Crippen LogP contribution < -0.4 is 10.9 Å². The predicted octanol–water partition coefficient (Wildman–Crippen LogP) is 2.04. The number of anilines is 1. The topological polar surface area (TPSA) is 140 Å². The number of benzene rings is 1. The van der Waals surface area contributed by atoms with Crippen LogP contribution in [0.25, 0.3) is 0 Å². The average molecular weight is 330 g/mol. The van der Waals surface area contributed by atoms with Gasteiger partial charge in [0.05, 0.1) is 0 Å². The standard InChI is InChI=1S/C7H7.C6H6N2O3.CH2O3.Na/c1-7-5-3-2-4-6-7;9-5-4(8-6(10)11)2-1-3-7-5;2-1(3)4;/h2-6H,1H2;1-3,8H,(H,7,9)(H,10,11);(H2,2,3,4);. The van der Waals surface area contributed by atoms with Crippen LogP contribution in [-0.4, -0.2) is 60.5 Å². The molecule has 2 aromatic rings. The van der Waals surface area contributed by atoms with Gasteiger partial charge >= 0.3 is 79.7 Å². The molecule has 0 radical (unpaired) electrons. The van der Waals surface area contributed by atoms with Crippen molar-refractivity contribution in [2.75, 3.05) is 5.32 Å². The summed E-state index contributed by atoms with van der Waals surface area (Å²) < 4.78 is 1.28. The second-order valence-electron chi connectivity index (χ2n) is 3.96. The zero-order chi connectivity index (χ0) is 17.7. The van der Waals surface area contributed by atoms with Crippen LogP contribution in [0.15, 0.2) is 53.5 Å². The van der Waals surface area contributed by atoms with Gasteiger partial charge in [-0.1, -0.05) is 0 Å². The third-order valence-electron chi connectivity index (χ3n) is 2.31. The fraction of sp³-hybridized carbons (Fsp3) is 0.0714. The van der Waals surface area contributed by atoms with Crippen molar-refractivity contribution >= 4 is 45.9 Å². The normalized spacial score (nSPS) is 8.61. The zero-order valence-corrected chi connectivity index (χ0v) is 14.4. The van der Waals surface area contributed by atoms with E-state index in [2.05, 4.69) is 35.3 Å². The monoisotopic (exact) mass is 330 g/mol. The van der Waals surface area contributed by atoms with E-state index in [1.54, 1.807) is 0 Å². The van der Waals surface area contributed by atoms with E-state index < -0.39 is 17.8 Å². The molecule has 9 heteroatoms. The summed E-state index contributed by atoms with van der Waals surface area (Å²) in [6.07, 6.45) is -1.66. The number of carbonyl (C=O) groups is 2. The Hall–Kier alpha value is -2.29. The number of amides is 1. The van der Waals surface area contributed by atoms with Gasteiger partial charge in [0.25, 0.3) is 5.56 Å². The minimum absolute atomic E-state index is 0.0278. The van der Waals surface area contributed by atoms with Crippen LogP contribution in [0.5, 0.6) is 0 Å². The molecule has 0 unspecified atom stereocenters. The van der Waals surface area contributed by atoms with Gasteiger partial charge in [-0.25, -0.2) is 9.59 Å². The van der Waals surface area contributed by atoms with Crippen molar-refractivity contribution in [3.05, 3.63) is 64.6 Å². The van der Waals surface area contributed by atoms with Crippen molar-refractivity contribution in [1.29, 1.82) is 0 Å². The van der Waals surface area contributed by atoms with Crippen molar-refractivity contribution in [2.45, 2.75) is 3.67 Å². The Labute approximate surface area is 149 Å². The third-order valence-corrected chi connectivity index (χ3v) is 3.13. The number of hydrogen-bond donors (Lipinski definition) is 5. The van der Waals surface area contributed by atoms with E-state index in [9.17, 15) is 9.59 Å². The number of H-pyrrole nitrogens is 1. The van der Waals surface area contributed by atoms with E-state index in [1.165, 1.54) is 55.5 Å². The maximum absolute atomic E-state index is 10.8. The number of hydrogen-bond acceptors (Lipinski definition) is 3. The summed E-state index contributed by atoms with van der Waals surface area (Å²) in [4.78, 5) is 31.7. The predicted molar refractivity (Wildman–Crippen MR) is 85.3 cm³/mol. The number of carboxylic acid groups (broad SMARTS) is 3. The molecule has 0 aliphatic heterocycles. The summed E-state index contributed by atoms with van der Waals surface area (Å²) in [6.45, 7) is 0. The first-order valence-corrected chi connectivity index (χ1v) is 7.91. The summed E-state index contributed by atoms with van der Waals surface area (Å²) in [5, 5.41) is 24.1. The van der Waals surface area contributed by atoms with Crippen LogP contribution in [0.2, 0.25) is 0 Å². The fourth-order valence-electron chi connectivity index (χ4n) is 1.35. The van der Waals surface area contributed by atoms with Gasteiger partial charge in [0, 0.05) is 6.20 Å². The van der Waals surface area contributed by atoms with Gasteiger partial charge in [-0.15, -0.1) is 0 Å². The van der Waals surface area contributed by atoms with Crippen LogP contribution in [-0.2, 0) is 3.67 Å². The molecule has 8 nitrogen and oxygen atoms in total. The van der Waals surface area contributed by atoms with E-state index in [0.717, 1.165) is 0 Å². The molecule has 0 saturated heterocycles. The van der Waals surface area contributed by atoms with Gasteiger partial charge in [0.2, 0.25) is 0 Å². The molecular weight excluding hydrogens is 315 g/mol. The quantitative estimate of drug-likeness (QED) is 0.534. The molecule has 1 aromatic heterocycles. The summed E-state index contributed by atoms with van der Waals surface area (Å²) >= 11 is 1.28. The van der Waals surface area contributed by atoms with Crippen LogP contribution >= 0.6 is 0 Å². The Bertz CT molecular complexity index is 656. The van der Waals surface area contributed by atoms with Crippen molar-refractivity contribution < 1.29 is 24.9 Å². The molecule has 0 saturated carbocycles. The molecule has 0 spiro atoms. The minimum atomic E-state index is -1.83. The van der Waals surface area contributed by atoms with E-state index >= 15 is 0 Å². The number of pyridine rings is 1. The molecule has 5 N–H and O–H groups in total. The Balaban J connectivity index is 0.000000354. The number of aromatic nitrogens is 1. The Morgan fingerprint density at radius 3 is 2.00 bits per heavy atom. The Morgan fingerprint density at radius 2 is 1.61 bits per heavy atom. The number of aromatic amines is 1. The first-order valence-electron chi connectivity index (χ1n) is 6.50. The van der Waals surface area contributed by atoms with Crippen LogP contribution in [0, 0.1) is 0 Å². The second-order valence-corrected chi connectivity index (χ2v) is 4.67. The summed E-state index contributed by atoms with van der Waals surface area (Å²) in [6, 6.07) is 13.5. The molecule has 0 aliphatic rings. The Kier molecular flexibility index (Phi) is 11.1. The van der Waals surface area contributed by atoms with Gasteiger partial charge in [-0.2, -0.15) is 0 Å². The molecule has 0 atom stereocenters. The molecule has 118 valence electrons. The first-order chi connectivity index (χ1) is 10.9. The van der Waals surface area contributed by atoms with E-state index in [4.69, 9.17) is 20.1 Å². The van der Waals surface area contributed by atoms with Crippen molar-refractivity contribution in [1.82, 2.24) is 4.98 Å². The van der Waals surface area contributed by atoms with Crippen LogP contribution in [0.3, 0.4) is 0 Å². The average Bonchev–Trinajstić information content (AvgIpc) is 2.50. The van der Waals surface area contributed by atoms with Gasteiger partial charge in [0.15, 0.2) is 0 Å². The summed E-state index contributed by atoms with van der Waals surface area (Å²) in [7, 11) is 0. The van der Waals surface area contributed by atoms with Crippen molar-refractivity contribution in [3.63, 3.8) is 0 Å². The molecule has 1 amide bonds. The summed E-state index contributed by atoms with van der Waals surface area (Å²) in [5.74, 6) is 0. The SMILES string of the molecule is O=C(O)Nc1ccc[nH]c1=O.O=C(O)O.[Na][CH2]c1ccccc1. The molecule has 1 aromatic carbocycles. The van der Waals surface area contributed by atoms with E-state index in [-0.39, 0.29) is 5.69 Å². The number of nitrogens with one attached hydrogen (secondary N) is 2. The molecular formula is C14H15N2NaO6. The summed E-state index contributed by atoms with van der Waals surface area (Å²) in [5.41, 5.74) is 1.05. The van der Waals surface area contributed by atoms with Crippen molar-refractivity contribution in [2.24, 2.45) is 0 Å². The van der Waals surface area contributed by atoms with Crippen molar-refractivity contribution in [3.8, 4) is 0 Å². The molecule has 0 bridgehead atoms. The van der Waals surface area contributed by atoms with Gasteiger partial charge < -0.3 is 20.3 Å². The molecule has 0 fully saturated rings. The van der Waals surface area contributed by atoms with Gasteiger partial charge in [-0.05, 0) is 12.1 Å². The Morgan fingerprint density at radius 1 is 1.04 bits per heavy atom. The molecule has 1 heterocycles. The first kappa shape index (κ1) is 20.7. The van der Waals surface area contributed by atoms with E-state index in [0.29, 0.717) is 0 Å². The van der Waals surface area contributed by atoms with Crippen LogP contribution in [0.1, 0.15) is 5.56 Å². The van der Waals surface area contributed by atoms with E-state index in [1.807, 2.05) is 5.32 Å². The zero-order valence-electron chi connectivity index (χ0n) is 12.4. The van der Waals surface area contributed by atoms with Crippen LogP contribution in [0.4, 0.5) is 15.3 Å².